The highest BCUT2D eigenvalue weighted by molar-refractivity contribution is 5.84. The van der Waals surface area contributed by atoms with Crippen LogP contribution in [0.25, 0.3) is 22.2 Å². The number of piperidine rings is 1. The number of benzene rings is 2. The zero-order valence-electron chi connectivity index (χ0n) is 17.3. The minimum atomic E-state index is -0.246. The third-order valence-corrected chi connectivity index (χ3v) is 5.58. The van der Waals surface area contributed by atoms with Crippen LogP contribution in [0.15, 0.2) is 42.5 Å². The van der Waals surface area contributed by atoms with Crippen LogP contribution in [-0.2, 0) is 6.54 Å². The van der Waals surface area contributed by atoms with E-state index in [1.54, 1.807) is 14.2 Å². The zero-order chi connectivity index (χ0) is 20.4. The van der Waals surface area contributed by atoms with Crippen molar-refractivity contribution < 1.29 is 14.6 Å². The Morgan fingerprint density at radius 3 is 2.66 bits per heavy atom. The van der Waals surface area contributed by atoms with Gasteiger partial charge in [-0.05, 0) is 67.8 Å². The molecule has 5 nitrogen and oxygen atoms in total. The average Bonchev–Trinajstić information content (AvgIpc) is 2.73. The summed E-state index contributed by atoms with van der Waals surface area (Å²) in [6.45, 7) is 4.55. The quantitative estimate of drug-likeness (QED) is 0.706. The maximum atomic E-state index is 10.1. The van der Waals surface area contributed by atoms with Gasteiger partial charge in [-0.2, -0.15) is 0 Å². The summed E-state index contributed by atoms with van der Waals surface area (Å²) in [4.78, 5) is 7.35. The fraction of sp³-hybridized carbons (Fsp3) is 0.375. The van der Waals surface area contributed by atoms with Crippen LogP contribution in [0.2, 0.25) is 0 Å². The van der Waals surface area contributed by atoms with Gasteiger partial charge in [0.25, 0.3) is 0 Å². The van der Waals surface area contributed by atoms with Crippen LogP contribution in [0.5, 0.6) is 11.5 Å². The number of methoxy groups -OCH3 is 2. The molecule has 1 aliphatic heterocycles. The number of nitrogens with zero attached hydrogens (tertiary/aromatic N) is 2. The molecule has 0 spiro atoms. The summed E-state index contributed by atoms with van der Waals surface area (Å²) in [6, 6.07) is 14.5. The number of aryl methyl sites for hydroxylation is 1. The summed E-state index contributed by atoms with van der Waals surface area (Å²) in [5, 5.41) is 11.2. The Bertz CT molecular complexity index is 1020. The fourth-order valence-electron chi connectivity index (χ4n) is 4.09. The van der Waals surface area contributed by atoms with Crippen molar-refractivity contribution in [3.05, 3.63) is 53.6 Å². The highest BCUT2D eigenvalue weighted by atomic mass is 16.5. The van der Waals surface area contributed by atoms with E-state index in [1.165, 1.54) is 5.56 Å². The lowest BCUT2D eigenvalue weighted by molar-refractivity contribution is 0.0669. The number of aromatic nitrogens is 1. The van der Waals surface area contributed by atoms with Crippen LogP contribution in [-0.4, -0.2) is 48.4 Å². The van der Waals surface area contributed by atoms with Crippen molar-refractivity contribution in [2.45, 2.75) is 32.4 Å². The SMILES string of the molecule is COc1ccc(-c2nc3cc(C)ccc3cc2CN2CCC[C@H](O)C2)cc1OC. The monoisotopic (exact) mass is 392 g/mol. The van der Waals surface area contributed by atoms with E-state index in [0.717, 1.165) is 53.7 Å². The Balaban J connectivity index is 1.81. The summed E-state index contributed by atoms with van der Waals surface area (Å²) in [5.41, 5.74) is 5.28. The van der Waals surface area contributed by atoms with Gasteiger partial charge >= 0.3 is 0 Å². The molecule has 0 bridgehead atoms. The number of β-amino-alcohol motifs (C(OH)–C–C–N with tert-alkyl or cyclic N) is 1. The van der Waals surface area contributed by atoms with Crippen molar-refractivity contribution in [2.75, 3.05) is 27.3 Å². The molecule has 1 aromatic heterocycles. The van der Waals surface area contributed by atoms with E-state index < -0.39 is 0 Å². The van der Waals surface area contributed by atoms with Gasteiger partial charge < -0.3 is 14.6 Å². The minimum absolute atomic E-state index is 0.246. The molecule has 3 aromatic rings. The zero-order valence-corrected chi connectivity index (χ0v) is 17.3. The van der Waals surface area contributed by atoms with E-state index in [4.69, 9.17) is 14.5 Å². The molecular formula is C24H28N2O3. The fourth-order valence-corrected chi connectivity index (χ4v) is 4.09. The van der Waals surface area contributed by atoms with E-state index in [2.05, 4.69) is 36.1 Å². The highest BCUT2D eigenvalue weighted by Gasteiger charge is 2.20. The Hall–Kier alpha value is -2.63. The summed E-state index contributed by atoms with van der Waals surface area (Å²) in [5.74, 6) is 1.39. The molecule has 4 rings (SSSR count). The third-order valence-electron chi connectivity index (χ3n) is 5.58. The number of pyridine rings is 1. The van der Waals surface area contributed by atoms with Crippen molar-refractivity contribution >= 4 is 10.9 Å². The van der Waals surface area contributed by atoms with Crippen LogP contribution in [0.3, 0.4) is 0 Å². The Kier molecular flexibility index (Phi) is 5.69. The molecule has 0 aliphatic carbocycles. The molecule has 2 heterocycles. The van der Waals surface area contributed by atoms with E-state index in [9.17, 15) is 5.11 Å². The van der Waals surface area contributed by atoms with E-state index in [0.29, 0.717) is 18.0 Å². The highest BCUT2D eigenvalue weighted by Crippen LogP contribution is 2.34. The topological polar surface area (TPSA) is 54.8 Å². The van der Waals surface area contributed by atoms with Gasteiger partial charge in [-0.1, -0.05) is 12.1 Å². The average molecular weight is 392 g/mol. The number of ether oxygens (including phenoxy) is 2. The number of hydrogen-bond donors (Lipinski definition) is 1. The maximum Gasteiger partial charge on any atom is 0.161 e. The smallest absolute Gasteiger partial charge is 0.161 e. The van der Waals surface area contributed by atoms with Crippen LogP contribution in [0, 0.1) is 6.92 Å². The molecule has 5 heteroatoms. The van der Waals surface area contributed by atoms with Gasteiger partial charge in [-0.25, -0.2) is 4.98 Å². The molecular weight excluding hydrogens is 364 g/mol. The van der Waals surface area contributed by atoms with Gasteiger partial charge in [-0.3, -0.25) is 4.90 Å². The number of aliphatic hydroxyl groups is 1. The second-order valence-corrected chi connectivity index (χ2v) is 7.79. The largest absolute Gasteiger partial charge is 0.493 e. The second kappa shape index (κ2) is 8.39. The maximum absolute atomic E-state index is 10.1. The van der Waals surface area contributed by atoms with Gasteiger partial charge in [0, 0.05) is 24.0 Å². The lowest BCUT2D eigenvalue weighted by Crippen LogP contribution is -2.37. The standard InChI is InChI=1S/C24H28N2O3/c1-16-6-7-17-12-19(14-26-10-4-5-20(27)15-26)24(25-21(17)11-16)18-8-9-22(28-2)23(13-18)29-3/h6-9,11-13,20,27H,4-5,10,14-15H2,1-3H3/t20-/m0/s1. The summed E-state index contributed by atoms with van der Waals surface area (Å²) >= 11 is 0. The van der Waals surface area contributed by atoms with Gasteiger partial charge in [0.2, 0.25) is 0 Å². The van der Waals surface area contributed by atoms with Crippen LogP contribution in [0.4, 0.5) is 0 Å². The molecule has 29 heavy (non-hydrogen) atoms. The van der Waals surface area contributed by atoms with Crippen molar-refractivity contribution in [2.24, 2.45) is 0 Å². The number of fused-ring (bicyclic) bond motifs is 1. The van der Waals surface area contributed by atoms with Gasteiger partial charge in [0.15, 0.2) is 11.5 Å². The molecule has 0 saturated carbocycles. The summed E-state index contributed by atoms with van der Waals surface area (Å²) in [6.07, 6.45) is 1.66. The lowest BCUT2D eigenvalue weighted by atomic mass is 10.0. The molecule has 1 fully saturated rings. The molecule has 0 radical (unpaired) electrons. The van der Waals surface area contributed by atoms with E-state index in [-0.39, 0.29) is 6.10 Å². The summed E-state index contributed by atoms with van der Waals surface area (Å²) < 4.78 is 10.9. The first-order valence-corrected chi connectivity index (χ1v) is 10.1. The molecule has 1 saturated heterocycles. The van der Waals surface area contributed by atoms with E-state index >= 15 is 0 Å². The first-order valence-electron chi connectivity index (χ1n) is 10.1. The number of likely N-dealkylation sites (tertiary alicyclic amines) is 1. The molecule has 1 atom stereocenters. The normalized spacial score (nSPS) is 17.4. The van der Waals surface area contributed by atoms with Crippen LogP contribution in [0.1, 0.15) is 24.0 Å². The Morgan fingerprint density at radius 2 is 1.90 bits per heavy atom. The van der Waals surface area contributed by atoms with Gasteiger partial charge in [0.05, 0.1) is 31.5 Å². The van der Waals surface area contributed by atoms with Crippen molar-refractivity contribution in [1.82, 2.24) is 9.88 Å². The number of rotatable bonds is 5. The minimum Gasteiger partial charge on any atom is -0.493 e. The van der Waals surface area contributed by atoms with E-state index in [1.807, 2.05) is 18.2 Å². The number of hydrogen-bond acceptors (Lipinski definition) is 5. The van der Waals surface area contributed by atoms with Crippen LogP contribution < -0.4 is 9.47 Å². The van der Waals surface area contributed by atoms with Crippen molar-refractivity contribution in [3.8, 4) is 22.8 Å². The second-order valence-electron chi connectivity index (χ2n) is 7.79. The molecule has 1 N–H and O–H groups in total. The molecule has 0 amide bonds. The lowest BCUT2D eigenvalue weighted by Gasteiger charge is -2.30. The molecule has 2 aromatic carbocycles. The Morgan fingerprint density at radius 1 is 1.07 bits per heavy atom. The van der Waals surface area contributed by atoms with Gasteiger partial charge in [-0.15, -0.1) is 0 Å². The predicted molar refractivity (Wildman–Crippen MR) is 116 cm³/mol. The molecule has 1 aliphatic rings. The first-order chi connectivity index (χ1) is 14.1. The third kappa shape index (κ3) is 4.21. The first kappa shape index (κ1) is 19.7. The van der Waals surface area contributed by atoms with Crippen LogP contribution >= 0.6 is 0 Å². The van der Waals surface area contributed by atoms with Crippen molar-refractivity contribution in [3.63, 3.8) is 0 Å². The van der Waals surface area contributed by atoms with Gasteiger partial charge in [0.1, 0.15) is 0 Å². The molecule has 152 valence electrons. The Labute approximate surface area is 171 Å². The number of aliphatic hydroxyl groups excluding tert-OH is 1. The molecule has 0 unspecified atom stereocenters. The van der Waals surface area contributed by atoms with Crippen molar-refractivity contribution in [1.29, 1.82) is 0 Å². The summed E-state index contributed by atoms with van der Waals surface area (Å²) in [7, 11) is 3.29. The predicted octanol–water partition coefficient (Wildman–Crippen LogP) is 4.18.